The molecular formula is C14H16N2O2S. The lowest BCUT2D eigenvalue weighted by Gasteiger charge is -2.11. The molecule has 5 heteroatoms. The van der Waals surface area contributed by atoms with E-state index in [9.17, 15) is 5.11 Å². The van der Waals surface area contributed by atoms with Gasteiger partial charge in [0.2, 0.25) is 5.88 Å². The van der Waals surface area contributed by atoms with Gasteiger partial charge in [-0.15, -0.1) is 0 Å². The number of nitrogens with zero attached hydrogens (tertiary/aromatic N) is 1. The fourth-order valence-corrected chi connectivity index (χ4v) is 2.07. The SMILES string of the molecule is CCc1c[nH]c(Oc2ccc(C)nc2C)c(O)c1=S. The zero-order chi connectivity index (χ0) is 14.0. The number of aryl methyl sites for hydroxylation is 3. The molecule has 0 aliphatic carbocycles. The van der Waals surface area contributed by atoms with Crippen molar-refractivity contribution in [2.24, 2.45) is 0 Å². The number of aromatic nitrogens is 2. The second-order valence-corrected chi connectivity index (χ2v) is 4.72. The van der Waals surface area contributed by atoms with Gasteiger partial charge in [0.1, 0.15) is 0 Å². The van der Waals surface area contributed by atoms with Gasteiger partial charge < -0.3 is 14.8 Å². The van der Waals surface area contributed by atoms with Gasteiger partial charge >= 0.3 is 0 Å². The minimum atomic E-state index is -0.0330. The van der Waals surface area contributed by atoms with Crippen molar-refractivity contribution in [1.29, 1.82) is 0 Å². The summed E-state index contributed by atoms with van der Waals surface area (Å²) in [6.45, 7) is 5.75. The first-order valence-corrected chi connectivity index (χ1v) is 6.49. The number of hydrogen-bond donors (Lipinski definition) is 2. The highest BCUT2D eigenvalue weighted by molar-refractivity contribution is 7.71. The van der Waals surface area contributed by atoms with Crippen LogP contribution in [0.25, 0.3) is 0 Å². The Morgan fingerprint density at radius 3 is 2.74 bits per heavy atom. The van der Waals surface area contributed by atoms with E-state index in [-0.39, 0.29) is 11.6 Å². The van der Waals surface area contributed by atoms with Gasteiger partial charge in [0.15, 0.2) is 11.5 Å². The summed E-state index contributed by atoms with van der Waals surface area (Å²) in [5.74, 6) is 0.807. The van der Waals surface area contributed by atoms with Crippen LogP contribution in [0.1, 0.15) is 23.9 Å². The van der Waals surface area contributed by atoms with Gasteiger partial charge in [-0.1, -0.05) is 19.1 Å². The first kappa shape index (κ1) is 13.5. The van der Waals surface area contributed by atoms with Gasteiger partial charge in [0.05, 0.1) is 10.2 Å². The first-order valence-electron chi connectivity index (χ1n) is 6.08. The summed E-state index contributed by atoms with van der Waals surface area (Å²) in [4.78, 5) is 7.23. The molecule has 2 N–H and O–H groups in total. The Morgan fingerprint density at radius 2 is 2.11 bits per heavy atom. The van der Waals surface area contributed by atoms with E-state index in [1.165, 1.54) is 0 Å². The fourth-order valence-electron chi connectivity index (χ4n) is 1.77. The molecule has 2 aromatic heterocycles. The standard InChI is InChI=1S/C14H16N2O2S/c1-4-10-7-15-14(12(17)13(10)19)18-11-6-5-8(2)16-9(11)3/h5-7,17H,4H2,1-3H3,(H,15,19). The molecular weight excluding hydrogens is 260 g/mol. The molecule has 2 rings (SSSR count). The Hall–Kier alpha value is -1.88. The zero-order valence-electron chi connectivity index (χ0n) is 11.2. The molecule has 0 saturated carbocycles. The highest BCUT2D eigenvalue weighted by Crippen LogP contribution is 2.31. The Labute approximate surface area is 117 Å². The number of aromatic hydroxyl groups is 1. The van der Waals surface area contributed by atoms with E-state index in [2.05, 4.69) is 9.97 Å². The normalized spacial score (nSPS) is 10.5. The van der Waals surface area contributed by atoms with Gasteiger partial charge in [-0.25, -0.2) is 0 Å². The molecule has 0 unspecified atom stereocenters. The molecule has 0 spiro atoms. The van der Waals surface area contributed by atoms with E-state index in [1.54, 1.807) is 6.20 Å². The van der Waals surface area contributed by atoms with Crippen molar-refractivity contribution in [3.8, 4) is 17.4 Å². The maximum atomic E-state index is 10.0. The molecule has 100 valence electrons. The lowest BCUT2D eigenvalue weighted by Crippen LogP contribution is -1.96. The first-order chi connectivity index (χ1) is 9.02. The predicted molar refractivity (Wildman–Crippen MR) is 76.5 cm³/mol. The van der Waals surface area contributed by atoms with Crippen LogP contribution >= 0.6 is 12.2 Å². The molecule has 0 fully saturated rings. The van der Waals surface area contributed by atoms with Crippen LogP contribution in [0.5, 0.6) is 17.4 Å². The topological polar surface area (TPSA) is 58.1 Å². The number of nitrogens with one attached hydrogen (secondary N) is 1. The Kier molecular flexibility index (Phi) is 3.85. The van der Waals surface area contributed by atoms with Gasteiger partial charge in [-0.3, -0.25) is 4.98 Å². The van der Waals surface area contributed by atoms with Gasteiger partial charge in [-0.2, -0.15) is 0 Å². The van der Waals surface area contributed by atoms with Crippen LogP contribution in [0.4, 0.5) is 0 Å². The smallest absolute Gasteiger partial charge is 0.241 e. The van der Waals surface area contributed by atoms with Crippen molar-refractivity contribution in [2.75, 3.05) is 0 Å². The lowest BCUT2D eigenvalue weighted by atomic mass is 10.2. The van der Waals surface area contributed by atoms with Crippen molar-refractivity contribution in [3.63, 3.8) is 0 Å². The maximum Gasteiger partial charge on any atom is 0.241 e. The second-order valence-electron chi connectivity index (χ2n) is 4.31. The minimum absolute atomic E-state index is 0.0330. The van der Waals surface area contributed by atoms with Gasteiger partial charge in [0.25, 0.3) is 0 Å². The fraction of sp³-hybridized carbons (Fsp3) is 0.286. The largest absolute Gasteiger partial charge is 0.502 e. The maximum absolute atomic E-state index is 10.0. The van der Waals surface area contributed by atoms with E-state index < -0.39 is 0 Å². The lowest BCUT2D eigenvalue weighted by molar-refractivity contribution is 0.393. The average molecular weight is 276 g/mol. The van der Waals surface area contributed by atoms with Gasteiger partial charge in [0, 0.05) is 11.9 Å². The second kappa shape index (κ2) is 5.40. The molecule has 0 amide bonds. The number of hydrogen-bond acceptors (Lipinski definition) is 4. The molecule has 0 aliphatic heterocycles. The highest BCUT2D eigenvalue weighted by atomic mass is 32.1. The zero-order valence-corrected chi connectivity index (χ0v) is 12.0. The summed E-state index contributed by atoms with van der Waals surface area (Å²) >= 11 is 5.18. The summed E-state index contributed by atoms with van der Waals surface area (Å²) in [6.07, 6.45) is 2.52. The summed E-state index contributed by atoms with van der Waals surface area (Å²) in [7, 11) is 0. The molecule has 2 aromatic rings. The van der Waals surface area contributed by atoms with Crippen molar-refractivity contribution in [2.45, 2.75) is 27.2 Å². The third-order valence-corrected chi connectivity index (χ3v) is 3.32. The average Bonchev–Trinajstić information content (AvgIpc) is 2.38. The van der Waals surface area contributed by atoms with Gasteiger partial charge in [-0.05, 0) is 38.0 Å². The van der Waals surface area contributed by atoms with Crippen LogP contribution < -0.4 is 4.74 Å². The van der Waals surface area contributed by atoms with Crippen LogP contribution in [0.2, 0.25) is 0 Å². The van der Waals surface area contributed by atoms with Crippen LogP contribution in [0, 0.1) is 18.4 Å². The number of H-pyrrole nitrogens is 1. The van der Waals surface area contributed by atoms with Crippen LogP contribution in [-0.4, -0.2) is 15.1 Å². The van der Waals surface area contributed by atoms with Crippen LogP contribution in [0.15, 0.2) is 18.3 Å². The Balaban J connectivity index is 2.39. The summed E-state index contributed by atoms with van der Waals surface area (Å²) in [5, 5.41) is 10.0. The molecule has 0 aromatic carbocycles. The van der Waals surface area contributed by atoms with E-state index in [0.717, 1.165) is 23.4 Å². The monoisotopic (exact) mass is 276 g/mol. The number of rotatable bonds is 3. The highest BCUT2D eigenvalue weighted by Gasteiger charge is 2.10. The Morgan fingerprint density at radius 1 is 1.37 bits per heavy atom. The molecule has 0 bridgehead atoms. The summed E-state index contributed by atoms with van der Waals surface area (Å²) in [6, 6.07) is 3.68. The van der Waals surface area contributed by atoms with E-state index in [4.69, 9.17) is 17.0 Å². The molecule has 0 radical (unpaired) electrons. The van der Waals surface area contributed by atoms with E-state index >= 15 is 0 Å². The summed E-state index contributed by atoms with van der Waals surface area (Å²) in [5.41, 5.74) is 2.57. The molecule has 19 heavy (non-hydrogen) atoms. The molecule has 4 nitrogen and oxygen atoms in total. The molecule has 0 saturated heterocycles. The molecule has 2 heterocycles. The predicted octanol–water partition coefficient (Wildman–Crippen LogP) is 3.82. The third kappa shape index (κ3) is 2.76. The van der Waals surface area contributed by atoms with Crippen molar-refractivity contribution in [3.05, 3.63) is 39.8 Å². The van der Waals surface area contributed by atoms with Crippen molar-refractivity contribution in [1.82, 2.24) is 9.97 Å². The number of ether oxygens (including phenoxy) is 1. The van der Waals surface area contributed by atoms with Crippen LogP contribution in [0.3, 0.4) is 0 Å². The number of pyridine rings is 2. The minimum Gasteiger partial charge on any atom is -0.502 e. The quantitative estimate of drug-likeness (QED) is 0.837. The summed E-state index contributed by atoms with van der Waals surface area (Å²) < 4.78 is 6.07. The molecule has 0 atom stereocenters. The van der Waals surface area contributed by atoms with E-state index in [0.29, 0.717) is 10.3 Å². The molecule has 0 aliphatic rings. The van der Waals surface area contributed by atoms with Crippen LogP contribution in [-0.2, 0) is 6.42 Å². The van der Waals surface area contributed by atoms with Crippen molar-refractivity contribution < 1.29 is 9.84 Å². The third-order valence-electron chi connectivity index (χ3n) is 2.87. The number of aromatic amines is 1. The Bertz CT molecular complexity index is 665. The van der Waals surface area contributed by atoms with Crippen molar-refractivity contribution >= 4 is 12.2 Å². The van der Waals surface area contributed by atoms with E-state index in [1.807, 2.05) is 32.9 Å².